The second kappa shape index (κ2) is 5.56. The summed E-state index contributed by atoms with van der Waals surface area (Å²) in [6, 6.07) is 7.82. The highest BCUT2D eigenvalue weighted by molar-refractivity contribution is 9.10. The van der Waals surface area contributed by atoms with Crippen molar-refractivity contribution in [3.8, 4) is 5.69 Å². The van der Waals surface area contributed by atoms with Gasteiger partial charge >= 0.3 is 0 Å². The van der Waals surface area contributed by atoms with Gasteiger partial charge in [-0.05, 0) is 24.3 Å². The van der Waals surface area contributed by atoms with Gasteiger partial charge in [0.2, 0.25) is 0 Å². The molecule has 1 aromatic carbocycles. The van der Waals surface area contributed by atoms with E-state index in [0.717, 1.165) is 21.2 Å². The van der Waals surface area contributed by atoms with Gasteiger partial charge in [0.05, 0.1) is 23.9 Å². The third-order valence-corrected chi connectivity index (χ3v) is 3.37. The predicted octanol–water partition coefficient (Wildman–Crippen LogP) is 1.98. The minimum absolute atomic E-state index is 0.0480. The second-order valence-electron chi connectivity index (χ2n) is 4.14. The highest BCUT2D eigenvalue weighted by atomic mass is 79.9. The summed E-state index contributed by atoms with van der Waals surface area (Å²) in [6.07, 6.45) is 3.20. The molecule has 2 aromatic heterocycles. The van der Waals surface area contributed by atoms with Gasteiger partial charge in [-0.15, -0.1) is 0 Å². The molecule has 0 saturated carbocycles. The lowest BCUT2D eigenvalue weighted by atomic mass is 10.3. The van der Waals surface area contributed by atoms with Crippen molar-refractivity contribution >= 4 is 32.8 Å². The molecule has 0 unspecified atom stereocenters. The fourth-order valence-corrected chi connectivity index (χ4v) is 2.19. The third kappa shape index (κ3) is 2.37. The number of nitrogens with one attached hydrogen (secondary N) is 1. The molecule has 3 rings (SSSR count). The van der Waals surface area contributed by atoms with Crippen LogP contribution < -0.4 is 5.32 Å². The number of aliphatic hydroxyl groups is 1. The minimum Gasteiger partial charge on any atom is -0.395 e. The van der Waals surface area contributed by atoms with Crippen LogP contribution >= 0.6 is 15.9 Å². The molecule has 3 aromatic rings. The molecule has 0 saturated heterocycles. The SMILES string of the molecule is OCCNc1ncnc2c1cnn2-c1ccc(Br)cc1. The molecule has 0 atom stereocenters. The van der Waals surface area contributed by atoms with Crippen molar-refractivity contribution in [3.63, 3.8) is 0 Å². The predicted molar refractivity (Wildman–Crippen MR) is 79.9 cm³/mol. The summed E-state index contributed by atoms with van der Waals surface area (Å²) in [5.41, 5.74) is 1.65. The molecular weight excluding hydrogens is 322 g/mol. The topological polar surface area (TPSA) is 75.9 Å². The van der Waals surface area contributed by atoms with E-state index in [9.17, 15) is 0 Å². The molecule has 0 spiro atoms. The lowest BCUT2D eigenvalue weighted by Gasteiger charge is -2.05. The summed E-state index contributed by atoms with van der Waals surface area (Å²) < 4.78 is 2.77. The summed E-state index contributed by atoms with van der Waals surface area (Å²) in [4.78, 5) is 8.46. The average molecular weight is 334 g/mol. The van der Waals surface area contributed by atoms with Crippen LogP contribution in [0.3, 0.4) is 0 Å². The monoisotopic (exact) mass is 333 g/mol. The van der Waals surface area contributed by atoms with Gasteiger partial charge in [-0.3, -0.25) is 0 Å². The molecule has 0 aliphatic carbocycles. The Morgan fingerprint density at radius 2 is 2.00 bits per heavy atom. The highest BCUT2D eigenvalue weighted by Gasteiger charge is 2.10. The minimum atomic E-state index is 0.0480. The highest BCUT2D eigenvalue weighted by Crippen LogP contribution is 2.22. The van der Waals surface area contributed by atoms with Crippen molar-refractivity contribution in [1.29, 1.82) is 0 Å². The van der Waals surface area contributed by atoms with Crippen LogP contribution in [-0.4, -0.2) is 38.0 Å². The molecule has 0 aliphatic heterocycles. The molecule has 0 aliphatic rings. The van der Waals surface area contributed by atoms with Crippen molar-refractivity contribution in [2.24, 2.45) is 0 Å². The first-order valence-electron chi connectivity index (χ1n) is 6.09. The Morgan fingerprint density at radius 1 is 1.20 bits per heavy atom. The van der Waals surface area contributed by atoms with E-state index in [1.54, 1.807) is 10.9 Å². The number of aliphatic hydroxyl groups excluding tert-OH is 1. The molecule has 20 heavy (non-hydrogen) atoms. The molecule has 2 N–H and O–H groups in total. The first-order valence-corrected chi connectivity index (χ1v) is 6.88. The maximum absolute atomic E-state index is 8.88. The summed E-state index contributed by atoms with van der Waals surface area (Å²) in [5, 5.41) is 17.1. The lowest BCUT2D eigenvalue weighted by molar-refractivity contribution is 0.311. The van der Waals surface area contributed by atoms with E-state index < -0.39 is 0 Å². The normalized spacial score (nSPS) is 10.9. The standard InChI is InChI=1S/C13H12BrN5O/c14-9-1-3-10(4-2-9)19-13-11(7-18-19)12(15-5-6-20)16-8-17-13/h1-4,7-8,20H,5-6H2,(H,15,16,17). The van der Waals surface area contributed by atoms with Crippen molar-refractivity contribution in [3.05, 3.63) is 41.3 Å². The van der Waals surface area contributed by atoms with Crippen molar-refractivity contribution in [2.45, 2.75) is 0 Å². The van der Waals surface area contributed by atoms with Crippen LogP contribution in [0.1, 0.15) is 0 Å². The Labute approximate surface area is 123 Å². The van der Waals surface area contributed by atoms with Crippen LogP contribution in [0, 0.1) is 0 Å². The zero-order chi connectivity index (χ0) is 13.9. The maximum Gasteiger partial charge on any atom is 0.168 e. The van der Waals surface area contributed by atoms with E-state index in [1.807, 2.05) is 24.3 Å². The number of hydrogen-bond donors (Lipinski definition) is 2. The molecular formula is C13H12BrN5O. The van der Waals surface area contributed by atoms with Gasteiger partial charge in [0, 0.05) is 11.0 Å². The fraction of sp³-hybridized carbons (Fsp3) is 0.154. The number of fused-ring (bicyclic) bond motifs is 1. The number of nitrogens with zero attached hydrogens (tertiary/aromatic N) is 4. The number of anilines is 1. The molecule has 7 heteroatoms. The average Bonchev–Trinajstić information content (AvgIpc) is 2.90. The van der Waals surface area contributed by atoms with Gasteiger partial charge in [0.15, 0.2) is 5.65 Å². The largest absolute Gasteiger partial charge is 0.395 e. The van der Waals surface area contributed by atoms with Crippen molar-refractivity contribution in [1.82, 2.24) is 19.7 Å². The summed E-state index contributed by atoms with van der Waals surface area (Å²) >= 11 is 3.41. The van der Waals surface area contributed by atoms with E-state index >= 15 is 0 Å². The molecule has 6 nitrogen and oxygen atoms in total. The van der Waals surface area contributed by atoms with Crippen LogP contribution in [0.15, 0.2) is 41.3 Å². The second-order valence-corrected chi connectivity index (χ2v) is 5.06. The summed E-state index contributed by atoms with van der Waals surface area (Å²) in [7, 11) is 0. The Kier molecular flexibility index (Phi) is 3.62. The third-order valence-electron chi connectivity index (χ3n) is 2.84. The zero-order valence-corrected chi connectivity index (χ0v) is 12.1. The van der Waals surface area contributed by atoms with E-state index in [-0.39, 0.29) is 6.61 Å². The first-order chi connectivity index (χ1) is 9.79. The number of halogens is 1. The van der Waals surface area contributed by atoms with Crippen LogP contribution in [0.4, 0.5) is 5.82 Å². The number of hydrogen-bond acceptors (Lipinski definition) is 5. The molecule has 102 valence electrons. The summed E-state index contributed by atoms with van der Waals surface area (Å²) in [6.45, 7) is 0.488. The number of rotatable bonds is 4. The van der Waals surface area contributed by atoms with E-state index in [4.69, 9.17) is 5.11 Å². The lowest BCUT2D eigenvalue weighted by Crippen LogP contribution is -2.07. The Bertz CT molecular complexity index is 725. The van der Waals surface area contributed by atoms with Crippen molar-refractivity contribution < 1.29 is 5.11 Å². The molecule has 0 amide bonds. The van der Waals surface area contributed by atoms with Gasteiger partial charge in [0.25, 0.3) is 0 Å². The van der Waals surface area contributed by atoms with Crippen molar-refractivity contribution in [2.75, 3.05) is 18.5 Å². The van der Waals surface area contributed by atoms with Gasteiger partial charge < -0.3 is 10.4 Å². The van der Waals surface area contributed by atoms with Gasteiger partial charge in [-0.2, -0.15) is 5.10 Å². The zero-order valence-electron chi connectivity index (χ0n) is 10.5. The van der Waals surface area contributed by atoms with Crippen LogP contribution in [0.2, 0.25) is 0 Å². The molecule has 0 fully saturated rings. The quantitative estimate of drug-likeness (QED) is 0.763. The van der Waals surface area contributed by atoms with Crippen LogP contribution in [0.25, 0.3) is 16.7 Å². The molecule has 0 bridgehead atoms. The number of aromatic nitrogens is 4. The van der Waals surface area contributed by atoms with E-state index in [0.29, 0.717) is 12.4 Å². The summed E-state index contributed by atoms with van der Waals surface area (Å²) in [5.74, 6) is 0.674. The fourth-order valence-electron chi connectivity index (χ4n) is 1.93. The molecule has 0 radical (unpaired) electrons. The molecule has 2 heterocycles. The van der Waals surface area contributed by atoms with Gasteiger partial charge in [-0.25, -0.2) is 14.6 Å². The van der Waals surface area contributed by atoms with E-state index in [1.165, 1.54) is 6.33 Å². The van der Waals surface area contributed by atoms with Gasteiger partial charge in [-0.1, -0.05) is 15.9 Å². The maximum atomic E-state index is 8.88. The smallest absolute Gasteiger partial charge is 0.168 e. The Morgan fingerprint density at radius 3 is 2.75 bits per heavy atom. The van der Waals surface area contributed by atoms with Crippen LogP contribution in [0.5, 0.6) is 0 Å². The van der Waals surface area contributed by atoms with Crippen LogP contribution in [-0.2, 0) is 0 Å². The Hall–Kier alpha value is -1.99. The first kappa shape index (κ1) is 13.0. The van der Waals surface area contributed by atoms with E-state index in [2.05, 4.69) is 36.3 Å². The number of benzene rings is 1. The van der Waals surface area contributed by atoms with Gasteiger partial charge in [0.1, 0.15) is 12.1 Å². The Balaban J connectivity index is 2.07.